The summed E-state index contributed by atoms with van der Waals surface area (Å²) in [4.78, 5) is 10.5. The molecule has 0 radical (unpaired) electrons. The maximum absolute atomic E-state index is 12.5. The third-order valence-electron chi connectivity index (χ3n) is 3.77. The highest BCUT2D eigenvalue weighted by molar-refractivity contribution is 7.09. The Balaban J connectivity index is 2.52. The predicted molar refractivity (Wildman–Crippen MR) is 97.2 cm³/mol. The van der Waals surface area contributed by atoms with Gasteiger partial charge in [-0.15, -0.1) is 11.3 Å². The molecule has 0 aromatic carbocycles. The molecule has 0 fully saturated rings. The van der Waals surface area contributed by atoms with Crippen LogP contribution in [0.5, 0.6) is 0 Å². The molecule has 0 amide bonds. The number of guanidine groups is 1. The molecular weight excluding hydrogens is 351 g/mol. The zero-order valence-electron chi connectivity index (χ0n) is 15.3. The van der Waals surface area contributed by atoms with Gasteiger partial charge in [0.15, 0.2) is 11.7 Å². The minimum atomic E-state index is -4.38. The first kappa shape index (κ1) is 21.7. The number of halogens is 3. The number of thiazole rings is 1. The smallest absolute Gasteiger partial charge is 0.357 e. The van der Waals surface area contributed by atoms with Crippen molar-refractivity contribution in [2.75, 3.05) is 32.7 Å². The largest absolute Gasteiger partial charge is 0.434 e. The third-order valence-corrected chi connectivity index (χ3v) is 4.68. The zero-order valence-corrected chi connectivity index (χ0v) is 16.1. The highest BCUT2D eigenvalue weighted by Crippen LogP contribution is 2.29. The first-order valence-electron chi connectivity index (χ1n) is 8.59. The Morgan fingerprint density at radius 2 is 1.96 bits per heavy atom. The molecule has 1 heterocycles. The van der Waals surface area contributed by atoms with Crippen LogP contribution in [0.3, 0.4) is 0 Å². The average Bonchev–Trinajstić information content (AvgIpc) is 3.03. The van der Waals surface area contributed by atoms with Gasteiger partial charge in [0.2, 0.25) is 0 Å². The average molecular weight is 379 g/mol. The van der Waals surface area contributed by atoms with Crippen molar-refractivity contribution in [3.63, 3.8) is 0 Å². The summed E-state index contributed by atoms with van der Waals surface area (Å²) in [6, 6.07) is 0.332. The molecule has 1 atom stereocenters. The van der Waals surface area contributed by atoms with Crippen LogP contribution in [-0.4, -0.2) is 54.6 Å². The van der Waals surface area contributed by atoms with E-state index in [0.29, 0.717) is 36.5 Å². The van der Waals surface area contributed by atoms with Crippen molar-refractivity contribution in [2.45, 2.75) is 46.3 Å². The summed E-state index contributed by atoms with van der Waals surface area (Å²) in [5.74, 6) is 0.675. The Morgan fingerprint density at radius 3 is 2.48 bits per heavy atom. The SMILES string of the molecule is CCNC(=NCC(C)N(CC)CC)NCCc1nc(C(F)(F)F)cs1. The maximum Gasteiger partial charge on any atom is 0.434 e. The standard InChI is InChI=1S/C16H28F3N5S/c1-5-20-15(22-10-12(4)24(6-2)7-3)21-9-8-14-23-13(11-25-14)16(17,18)19/h11-12H,5-10H2,1-4H3,(H2,20,21,22). The number of hydrogen-bond acceptors (Lipinski definition) is 4. The minimum Gasteiger partial charge on any atom is -0.357 e. The molecular formula is C16H28F3N5S. The van der Waals surface area contributed by atoms with Crippen molar-refractivity contribution >= 4 is 17.3 Å². The number of rotatable bonds is 9. The molecule has 1 unspecified atom stereocenters. The van der Waals surface area contributed by atoms with Crippen LogP contribution in [0.1, 0.15) is 38.4 Å². The van der Waals surface area contributed by atoms with Gasteiger partial charge in [0.05, 0.1) is 11.6 Å². The summed E-state index contributed by atoms with van der Waals surface area (Å²) in [7, 11) is 0. The van der Waals surface area contributed by atoms with Gasteiger partial charge in [-0.05, 0) is 26.9 Å². The quantitative estimate of drug-likeness (QED) is 0.512. The van der Waals surface area contributed by atoms with Gasteiger partial charge in [-0.1, -0.05) is 13.8 Å². The van der Waals surface area contributed by atoms with Crippen LogP contribution in [0.4, 0.5) is 13.2 Å². The van der Waals surface area contributed by atoms with Crippen molar-refractivity contribution in [3.8, 4) is 0 Å². The topological polar surface area (TPSA) is 52.6 Å². The molecule has 0 bridgehead atoms. The lowest BCUT2D eigenvalue weighted by molar-refractivity contribution is -0.140. The van der Waals surface area contributed by atoms with Crippen LogP contribution < -0.4 is 10.6 Å². The lowest BCUT2D eigenvalue weighted by Gasteiger charge is -2.25. The van der Waals surface area contributed by atoms with Gasteiger partial charge < -0.3 is 10.6 Å². The fourth-order valence-corrected chi connectivity index (χ4v) is 3.18. The molecule has 0 aliphatic carbocycles. The van der Waals surface area contributed by atoms with Gasteiger partial charge in [-0.3, -0.25) is 9.89 Å². The van der Waals surface area contributed by atoms with Crippen molar-refractivity contribution in [2.24, 2.45) is 4.99 Å². The van der Waals surface area contributed by atoms with E-state index in [-0.39, 0.29) is 0 Å². The number of nitrogens with zero attached hydrogens (tertiary/aromatic N) is 3. The number of alkyl halides is 3. The minimum absolute atomic E-state index is 0.332. The monoisotopic (exact) mass is 379 g/mol. The number of aliphatic imine (C=N–C) groups is 1. The molecule has 25 heavy (non-hydrogen) atoms. The van der Waals surface area contributed by atoms with Crippen molar-refractivity contribution < 1.29 is 13.2 Å². The maximum atomic E-state index is 12.5. The highest BCUT2D eigenvalue weighted by Gasteiger charge is 2.33. The molecule has 0 spiro atoms. The Bertz CT molecular complexity index is 526. The molecule has 5 nitrogen and oxygen atoms in total. The van der Waals surface area contributed by atoms with Crippen LogP contribution in [0, 0.1) is 0 Å². The molecule has 1 aromatic rings. The molecule has 2 N–H and O–H groups in total. The summed E-state index contributed by atoms with van der Waals surface area (Å²) >= 11 is 1.03. The van der Waals surface area contributed by atoms with E-state index in [4.69, 9.17) is 0 Å². The highest BCUT2D eigenvalue weighted by atomic mass is 32.1. The summed E-state index contributed by atoms with van der Waals surface area (Å²) in [5.41, 5.74) is -0.818. The molecule has 1 aromatic heterocycles. The van der Waals surface area contributed by atoms with Crippen molar-refractivity contribution in [3.05, 3.63) is 16.1 Å². The van der Waals surface area contributed by atoms with E-state index in [1.807, 2.05) is 6.92 Å². The zero-order chi connectivity index (χ0) is 18.9. The van der Waals surface area contributed by atoms with Crippen molar-refractivity contribution in [1.29, 1.82) is 0 Å². The number of likely N-dealkylation sites (N-methyl/N-ethyl adjacent to an activating group) is 1. The van der Waals surface area contributed by atoms with E-state index >= 15 is 0 Å². The predicted octanol–water partition coefficient (Wildman–Crippen LogP) is 2.99. The second kappa shape index (κ2) is 10.6. The summed E-state index contributed by atoms with van der Waals surface area (Å²) < 4.78 is 37.6. The first-order chi connectivity index (χ1) is 11.8. The normalized spacial score (nSPS) is 14.0. The van der Waals surface area contributed by atoms with Gasteiger partial charge in [0, 0.05) is 30.9 Å². The molecule has 0 aliphatic heterocycles. The molecule has 0 aliphatic rings. The van der Waals surface area contributed by atoms with Gasteiger partial charge in [0.1, 0.15) is 0 Å². The van der Waals surface area contributed by atoms with Crippen LogP contribution in [0.15, 0.2) is 10.4 Å². The molecule has 0 saturated heterocycles. The van der Waals surface area contributed by atoms with Crippen LogP contribution >= 0.6 is 11.3 Å². The Morgan fingerprint density at radius 1 is 1.28 bits per heavy atom. The Hall–Kier alpha value is -1.35. The number of hydrogen-bond donors (Lipinski definition) is 2. The second-order valence-electron chi connectivity index (χ2n) is 5.59. The van der Waals surface area contributed by atoms with Crippen LogP contribution in [0.25, 0.3) is 0 Å². The Labute approximate surface area is 151 Å². The fraction of sp³-hybridized carbons (Fsp3) is 0.750. The lowest BCUT2D eigenvalue weighted by Crippen LogP contribution is -2.40. The molecule has 144 valence electrons. The van der Waals surface area contributed by atoms with Crippen LogP contribution in [0.2, 0.25) is 0 Å². The summed E-state index contributed by atoms with van der Waals surface area (Å²) in [6.07, 6.45) is -3.95. The number of aromatic nitrogens is 1. The van der Waals surface area contributed by atoms with E-state index in [9.17, 15) is 13.2 Å². The van der Waals surface area contributed by atoms with Gasteiger partial charge in [0.25, 0.3) is 0 Å². The molecule has 9 heteroatoms. The summed E-state index contributed by atoms with van der Waals surface area (Å²) in [5, 5.41) is 7.83. The molecule has 1 rings (SSSR count). The second-order valence-corrected chi connectivity index (χ2v) is 6.53. The van der Waals surface area contributed by atoms with E-state index in [2.05, 4.69) is 46.3 Å². The summed E-state index contributed by atoms with van der Waals surface area (Å²) in [6.45, 7) is 12.2. The van der Waals surface area contributed by atoms with Gasteiger partial charge >= 0.3 is 6.18 Å². The lowest BCUT2D eigenvalue weighted by atomic mass is 10.3. The van der Waals surface area contributed by atoms with E-state index in [1.165, 1.54) is 0 Å². The fourth-order valence-electron chi connectivity index (χ4n) is 2.37. The van der Waals surface area contributed by atoms with Crippen LogP contribution in [-0.2, 0) is 12.6 Å². The van der Waals surface area contributed by atoms with E-state index < -0.39 is 11.9 Å². The Kier molecular flexibility index (Phi) is 9.20. The van der Waals surface area contributed by atoms with Gasteiger partial charge in [-0.25, -0.2) is 4.98 Å². The van der Waals surface area contributed by atoms with E-state index in [0.717, 1.165) is 36.4 Å². The number of nitrogens with one attached hydrogen (secondary N) is 2. The van der Waals surface area contributed by atoms with Gasteiger partial charge in [-0.2, -0.15) is 13.2 Å². The third kappa shape index (κ3) is 7.60. The first-order valence-corrected chi connectivity index (χ1v) is 9.47. The molecule has 0 saturated carbocycles. The van der Waals surface area contributed by atoms with Crippen molar-refractivity contribution in [1.82, 2.24) is 20.5 Å². The van der Waals surface area contributed by atoms with E-state index in [1.54, 1.807) is 0 Å².